The maximum Gasteiger partial charge on any atom is 0.277 e. The number of hydrogen-bond donors (Lipinski definition) is 2. The van der Waals surface area contributed by atoms with Crippen LogP contribution in [0.5, 0.6) is 0 Å². The van der Waals surface area contributed by atoms with Gasteiger partial charge in [0.2, 0.25) is 10.0 Å². The first-order valence-electron chi connectivity index (χ1n) is 9.55. The molecular weight excluding hydrogens is 380 g/mol. The van der Waals surface area contributed by atoms with Crippen molar-refractivity contribution in [3.05, 3.63) is 29.8 Å². The summed E-state index contributed by atoms with van der Waals surface area (Å²) < 4.78 is 26.9. The lowest BCUT2D eigenvalue weighted by molar-refractivity contribution is -0.863. The SMILES string of the molecule is Cc1ccc(S(=O)(=O)N2CCN(C(=O)C[NH+](C)CC(=O)NC(C)C)CC2)cc1. The van der Waals surface area contributed by atoms with Crippen LogP contribution in [0.3, 0.4) is 0 Å². The number of nitrogens with zero attached hydrogens (tertiary/aromatic N) is 2. The standard InChI is InChI=1S/C19H30N4O4S/c1-15(2)20-18(24)13-21(4)14-19(25)22-9-11-23(12-10-22)28(26,27)17-7-5-16(3)6-8-17/h5-8,15H,9-14H2,1-4H3,(H,20,24)/p+1. The Morgan fingerprint density at radius 2 is 1.64 bits per heavy atom. The van der Waals surface area contributed by atoms with Crippen LogP contribution in [0.1, 0.15) is 19.4 Å². The number of piperazine rings is 1. The molecule has 0 bridgehead atoms. The quantitative estimate of drug-likeness (QED) is 0.594. The van der Waals surface area contributed by atoms with Gasteiger partial charge < -0.3 is 15.1 Å². The maximum atomic E-state index is 12.7. The highest BCUT2D eigenvalue weighted by Crippen LogP contribution is 2.18. The van der Waals surface area contributed by atoms with Crippen molar-refractivity contribution in [2.24, 2.45) is 0 Å². The average molecular weight is 412 g/mol. The Labute approximate surface area is 167 Å². The van der Waals surface area contributed by atoms with Gasteiger partial charge in [-0.3, -0.25) is 9.59 Å². The Morgan fingerprint density at radius 1 is 1.07 bits per heavy atom. The molecule has 0 radical (unpaired) electrons. The first kappa shape index (κ1) is 22.3. The molecule has 2 rings (SSSR count). The number of carbonyl (C=O) groups is 2. The molecule has 1 heterocycles. The van der Waals surface area contributed by atoms with Gasteiger partial charge in [-0.25, -0.2) is 8.42 Å². The van der Waals surface area contributed by atoms with E-state index in [1.165, 1.54) is 4.31 Å². The van der Waals surface area contributed by atoms with Gasteiger partial charge in [-0.15, -0.1) is 0 Å². The molecule has 2 N–H and O–H groups in total. The minimum atomic E-state index is -3.54. The van der Waals surface area contributed by atoms with E-state index in [0.717, 1.165) is 10.5 Å². The topological polar surface area (TPSA) is 91.2 Å². The van der Waals surface area contributed by atoms with E-state index in [2.05, 4.69) is 5.32 Å². The summed E-state index contributed by atoms with van der Waals surface area (Å²) in [5.74, 6) is -0.156. The van der Waals surface area contributed by atoms with Gasteiger partial charge in [-0.05, 0) is 32.9 Å². The van der Waals surface area contributed by atoms with Gasteiger partial charge in [-0.2, -0.15) is 4.31 Å². The fourth-order valence-corrected chi connectivity index (χ4v) is 4.54. The second kappa shape index (κ2) is 9.49. The largest absolute Gasteiger partial charge is 0.349 e. The molecule has 0 aromatic heterocycles. The molecule has 1 aromatic rings. The minimum absolute atomic E-state index is 0.0674. The number of aryl methyl sites for hydroxylation is 1. The third-order valence-corrected chi connectivity index (χ3v) is 6.53. The molecule has 1 aromatic carbocycles. The van der Waals surface area contributed by atoms with Gasteiger partial charge >= 0.3 is 0 Å². The highest BCUT2D eigenvalue weighted by Gasteiger charge is 2.31. The van der Waals surface area contributed by atoms with Crippen LogP contribution in [0, 0.1) is 6.92 Å². The molecule has 1 aliphatic heterocycles. The summed E-state index contributed by atoms with van der Waals surface area (Å²) in [5.41, 5.74) is 1.00. The van der Waals surface area contributed by atoms with Crippen molar-refractivity contribution in [2.75, 3.05) is 46.3 Å². The lowest BCUT2D eigenvalue weighted by atomic mass is 10.2. The van der Waals surface area contributed by atoms with Crippen LogP contribution in [0.25, 0.3) is 0 Å². The summed E-state index contributed by atoms with van der Waals surface area (Å²) in [5, 5.41) is 2.81. The first-order chi connectivity index (χ1) is 13.1. The number of carbonyl (C=O) groups excluding carboxylic acids is 2. The van der Waals surface area contributed by atoms with Crippen LogP contribution in [0.4, 0.5) is 0 Å². The molecule has 1 aliphatic rings. The third-order valence-electron chi connectivity index (χ3n) is 4.62. The fraction of sp³-hybridized carbons (Fsp3) is 0.579. The van der Waals surface area contributed by atoms with Crippen LogP contribution >= 0.6 is 0 Å². The lowest BCUT2D eigenvalue weighted by Crippen LogP contribution is -3.11. The van der Waals surface area contributed by atoms with Crippen molar-refractivity contribution in [1.29, 1.82) is 0 Å². The Balaban J connectivity index is 1.86. The minimum Gasteiger partial charge on any atom is -0.349 e. The molecule has 8 nitrogen and oxygen atoms in total. The summed E-state index contributed by atoms with van der Waals surface area (Å²) in [6, 6.07) is 6.85. The van der Waals surface area contributed by atoms with E-state index in [4.69, 9.17) is 0 Å². The van der Waals surface area contributed by atoms with E-state index in [9.17, 15) is 18.0 Å². The predicted octanol–water partition coefficient (Wildman–Crippen LogP) is -1.13. The Kier molecular flexibility index (Phi) is 7.56. The van der Waals surface area contributed by atoms with E-state index in [-0.39, 0.29) is 48.9 Å². The first-order valence-corrected chi connectivity index (χ1v) is 11.0. The number of nitrogens with one attached hydrogen (secondary N) is 2. The fourth-order valence-electron chi connectivity index (χ4n) is 3.12. The molecule has 1 fully saturated rings. The highest BCUT2D eigenvalue weighted by molar-refractivity contribution is 7.89. The van der Waals surface area contributed by atoms with Crippen molar-refractivity contribution in [1.82, 2.24) is 14.5 Å². The van der Waals surface area contributed by atoms with Crippen molar-refractivity contribution >= 4 is 21.8 Å². The van der Waals surface area contributed by atoms with E-state index in [0.29, 0.717) is 13.1 Å². The average Bonchev–Trinajstić information content (AvgIpc) is 2.61. The lowest BCUT2D eigenvalue weighted by Gasteiger charge is -2.34. The Morgan fingerprint density at radius 3 is 2.18 bits per heavy atom. The zero-order valence-electron chi connectivity index (χ0n) is 17.1. The van der Waals surface area contributed by atoms with Crippen LogP contribution in [0.15, 0.2) is 29.2 Å². The van der Waals surface area contributed by atoms with Gasteiger partial charge in [0.1, 0.15) is 0 Å². The van der Waals surface area contributed by atoms with E-state index in [1.54, 1.807) is 36.2 Å². The van der Waals surface area contributed by atoms with Crippen LogP contribution in [-0.2, 0) is 19.6 Å². The summed E-state index contributed by atoms with van der Waals surface area (Å²) in [6.45, 7) is 7.38. The number of sulfonamides is 1. The molecule has 0 aliphatic carbocycles. The second-order valence-electron chi connectivity index (χ2n) is 7.63. The maximum absolute atomic E-state index is 12.7. The van der Waals surface area contributed by atoms with E-state index >= 15 is 0 Å². The summed E-state index contributed by atoms with van der Waals surface area (Å²) in [7, 11) is -1.74. The van der Waals surface area contributed by atoms with Gasteiger partial charge in [0.05, 0.1) is 11.9 Å². The summed E-state index contributed by atoms with van der Waals surface area (Å²) in [6.07, 6.45) is 0. The molecule has 1 atom stereocenters. The number of hydrogen-bond acceptors (Lipinski definition) is 4. The third kappa shape index (κ3) is 6.02. The monoisotopic (exact) mass is 411 g/mol. The van der Waals surface area contributed by atoms with Crippen LogP contribution < -0.4 is 10.2 Å². The summed E-state index contributed by atoms with van der Waals surface area (Å²) in [4.78, 5) is 27.0. The molecule has 28 heavy (non-hydrogen) atoms. The number of rotatable bonds is 7. The normalized spacial score (nSPS) is 16.8. The van der Waals surface area contributed by atoms with E-state index in [1.807, 2.05) is 20.8 Å². The van der Waals surface area contributed by atoms with Gasteiger partial charge in [0, 0.05) is 32.2 Å². The van der Waals surface area contributed by atoms with Gasteiger partial charge in [-0.1, -0.05) is 17.7 Å². The molecule has 1 saturated heterocycles. The zero-order valence-corrected chi connectivity index (χ0v) is 17.9. The number of likely N-dealkylation sites (N-methyl/N-ethyl adjacent to an activating group) is 1. The van der Waals surface area contributed by atoms with Crippen molar-refractivity contribution in [2.45, 2.75) is 31.7 Å². The number of quaternary nitrogens is 1. The second-order valence-corrected chi connectivity index (χ2v) is 9.57. The smallest absolute Gasteiger partial charge is 0.277 e. The van der Waals surface area contributed by atoms with Gasteiger partial charge in [0.15, 0.2) is 13.1 Å². The molecule has 9 heteroatoms. The zero-order chi connectivity index (χ0) is 20.9. The molecule has 2 amide bonds. The van der Waals surface area contributed by atoms with E-state index < -0.39 is 10.0 Å². The Hall–Kier alpha value is -1.97. The van der Waals surface area contributed by atoms with Gasteiger partial charge in [0.25, 0.3) is 11.8 Å². The van der Waals surface area contributed by atoms with Crippen LogP contribution in [-0.4, -0.2) is 81.8 Å². The molecule has 0 spiro atoms. The summed E-state index contributed by atoms with van der Waals surface area (Å²) >= 11 is 0. The number of benzene rings is 1. The molecule has 156 valence electrons. The molecule has 1 unspecified atom stereocenters. The highest BCUT2D eigenvalue weighted by atomic mass is 32.2. The molecular formula is C19H31N4O4S+. The van der Waals surface area contributed by atoms with Crippen molar-refractivity contribution in [3.8, 4) is 0 Å². The Bertz CT molecular complexity index is 785. The van der Waals surface area contributed by atoms with Crippen LogP contribution in [0.2, 0.25) is 0 Å². The molecule has 0 saturated carbocycles. The predicted molar refractivity (Wildman–Crippen MR) is 106 cm³/mol. The number of amides is 2. The van der Waals surface area contributed by atoms with Crippen molar-refractivity contribution in [3.63, 3.8) is 0 Å². The van der Waals surface area contributed by atoms with Crippen molar-refractivity contribution < 1.29 is 22.9 Å².